The van der Waals surface area contributed by atoms with Crippen LogP contribution in [0.5, 0.6) is 5.75 Å². The highest BCUT2D eigenvalue weighted by Crippen LogP contribution is 2.25. The van der Waals surface area contributed by atoms with E-state index in [0.717, 1.165) is 20.8 Å². The molecule has 29 heavy (non-hydrogen) atoms. The molecule has 3 aromatic carbocycles. The first-order chi connectivity index (χ1) is 13.6. The number of amides is 1. The van der Waals surface area contributed by atoms with E-state index < -0.39 is 9.84 Å². The van der Waals surface area contributed by atoms with Crippen LogP contribution in [-0.4, -0.2) is 39.1 Å². The molecule has 1 atom stereocenters. The largest absolute Gasteiger partial charge is 0.484 e. The molecule has 0 N–H and O–H groups in total. The van der Waals surface area contributed by atoms with Gasteiger partial charge in [0.1, 0.15) is 5.75 Å². The van der Waals surface area contributed by atoms with Crippen LogP contribution in [0.25, 0.3) is 10.8 Å². The van der Waals surface area contributed by atoms with Crippen molar-refractivity contribution in [3.8, 4) is 5.75 Å². The van der Waals surface area contributed by atoms with Gasteiger partial charge in [0.25, 0.3) is 5.91 Å². The summed E-state index contributed by atoms with van der Waals surface area (Å²) in [5, 5.41) is 2.12. The molecule has 1 unspecified atom stereocenters. The van der Waals surface area contributed by atoms with Gasteiger partial charge in [-0.25, -0.2) is 8.42 Å². The number of carbonyl (C=O) groups is 1. The summed E-state index contributed by atoms with van der Waals surface area (Å²) in [4.78, 5) is 14.4. The summed E-state index contributed by atoms with van der Waals surface area (Å²) < 4.78 is 29.9. The van der Waals surface area contributed by atoms with Crippen molar-refractivity contribution in [3.05, 3.63) is 70.7 Å². The second-order valence-electron chi connectivity index (χ2n) is 6.96. The zero-order valence-electron chi connectivity index (χ0n) is 16.4. The minimum absolute atomic E-state index is 0.0791. The minimum atomic E-state index is -3.24. The fourth-order valence-electron chi connectivity index (χ4n) is 2.96. The predicted molar refractivity (Wildman–Crippen MR) is 118 cm³/mol. The molecule has 0 radical (unpaired) electrons. The van der Waals surface area contributed by atoms with Crippen molar-refractivity contribution >= 4 is 42.4 Å². The molecule has 0 spiro atoms. The van der Waals surface area contributed by atoms with Gasteiger partial charge in [-0.15, -0.1) is 0 Å². The van der Waals surface area contributed by atoms with Gasteiger partial charge < -0.3 is 9.64 Å². The highest BCUT2D eigenvalue weighted by atomic mass is 79.9. The number of hydrogen-bond acceptors (Lipinski definition) is 4. The number of nitrogens with zero attached hydrogens (tertiary/aromatic N) is 1. The van der Waals surface area contributed by atoms with E-state index in [1.807, 2.05) is 43.3 Å². The lowest BCUT2D eigenvalue weighted by atomic mass is 10.1. The Morgan fingerprint density at radius 1 is 1.03 bits per heavy atom. The molecule has 152 valence electrons. The molecule has 0 saturated carbocycles. The standard InChI is InChI=1S/C22H22BrNO4S/c1-15(16-6-10-21(11-7-16)29(3,26)27)24(2)22(25)14-28-20-9-5-17-12-19(23)8-4-18(17)13-20/h4-13,15H,14H2,1-3H3. The summed E-state index contributed by atoms with van der Waals surface area (Å²) in [5.74, 6) is 0.465. The van der Waals surface area contributed by atoms with E-state index in [1.54, 1.807) is 36.2 Å². The maximum Gasteiger partial charge on any atom is 0.260 e. The maximum atomic E-state index is 12.6. The highest BCUT2D eigenvalue weighted by Gasteiger charge is 2.18. The van der Waals surface area contributed by atoms with E-state index in [9.17, 15) is 13.2 Å². The lowest BCUT2D eigenvalue weighted by Gasteiger charge is -2.25. The molecule has 0 aromatic heterocycles. The molecule has 5 nitrogen and oxygen atoms in total. The molecule has 0 saturated heterocycles. The molecule has 1 amide bonds. The van der Waals surface area contributed by atoms with Crippen molar-refractivity contribution < 1.29 is 17.9 Å². The minimum Gasteiger partial charge on any atom is -0.484 e. The summed E-state index contributed by atoms with van der Waals surface area (Å²) in [5.41, 5.74) is 0.851. The molecular formula is C22H22BrNO4S. The normalized spacial score (nSPS) is 12.6. The summed E-state index contributed by atoms with van der Waals surface area (Å²) >= 11 is 3.45. The molecule has 3 aromatic rings. The summed E-state index contributed by atoms with van der Waals surface area (Å²) in [6, 6.07) is 18.0. The quantitative estimate of drug-likeness (QED) is 0.522. The lowest BCUT2D eigenvalue weighted by molar-refractivity contribution is -0.134. The van der Waals surface area contributed by atoms with Crippen molar-refractivity contribution in [3.63, 3.8) is 0 Å². The number of likely N-dealkylation sites (N-methyl/N-ethyl adjacent to an activating group) is 1. The molecule has 0 bridgehead atoms. The molecule has 0 fully saturated rings. The molecule has 0 aliphatic heterocycles. The molecule has 0 aliphatic carbocycles. The van der Waals surface area contributed by atoms with Crippen molar-refractivity contribution in [1.29, 1.82) is 0 Å². The van der Waals surface area contributed by atoms with Gasteiger partial charge in [-0.2, -0.15) is 0 Å². The first kappa shape index (κ1) is 21.3. The monoisotopic (exact) mass is 475 g/mol. The van der Waals surface area contributed by atoms with E-state index >= 15 is 0 Å². The Morgan fingerprint density at radius 3 is 2.31 bits per heavy atom. The molecule has 0 heterocycles. The van der Waals surface area contributed by atoms with Gasteiger partial charge in [0.15, 0.2) is 16.4 Å². The van der Waals surface area contributed by atoms with Crippen molar-refractivity contribution in [1.82, 2.24) is 4.90 Å². The Hall–Kier alpha value is -2.38. The van der Waals surface area contributed by atoms with Crippen molar-refractivity contribution in [2.75, 3.05) is 19.9 Å². The number of fused-ring (bicyclic) bond motifs is 1. The third-order valence-electron chi connectivity index (χ3n) is 4.90. The van der Waals surface area contributed by atoms with E-state index in [-0.39, 0.29) is 23.5 Å². The van der Waals surface area contributed by atoms with Crippen LogP contribution in [0.1, 0.15) is 18.5 Å². The molecular weight excluding hydrogens is 454 g/mol. The summed E-state index contributed by atoms with van der Waals surface area (Å²) in [6.07, 6.45) is 1.17. The van der Waals surface area contributed by atoms with Gasteiger partial charge >= 0.3 is 0 Å². The first-order valence-electron chi connectivity index (χ1n) is 9.03. The second-order valence-corrected chi connectivity index (χ2v) is 9.90. The Morgan fingerprint density at radius 2 is 1.66 bits per heavy atom. The van der Waals surface area contributed by atoms with E-state index in [0.29, 0.717) is 5.75 Å². The van der Waals surface area contributed by atoms with Crippen LogP contribution >= 0.6 is 15.9 Å². The maximum absolute atomic E-state index is 12.6. The fraction of sp³-hybridized carbons (Fsp3) is 0.227. The van der Waals surface area contributed by atoms with Crippen LogP contribution in [0.15, 0.2) is 70.0 Å². The number of halogens is 1. The Bertz CT molecular complexity index is 1140. The Balaban J connectivity index is 1.64. The number of hydrogen-bond donors (Lipinski definition) is 0. The van der Waals surface area contributed by atoms with E-state index in [2.05, 4.69) is 15.9 Å². The van der Waals surface area contributed by atoms with Crippen LogP contribution in [-0.2, 0) is 14.6 Å². The first-order valence-corrected chi connectivity index (χ1v) is 11.7. The number of ether oxygens (including phenoxy) is 1. The zero-order valence-corrected chi connectivity index (χ0v) is 18.8. The van der Waals surface area contributed by atoms with Gasteiger partial charge in [0.2, 0.25) is 0 Å². The Labute approximate surface area is 179 Å². The van der Waals surface area contributed by atoms with Crippen molar-refractivity contribution in [2.24, 2.45) is 0 Å². The third-order valence-corrected chi connectivity index (χ3v) is 6.52. The van der Waals surface area contributed by atoms with Gasteiger partial charge in [0, 0.05) is 17.8 Å². The predicted octanol–water partition coefficient (Wildman–Crippen LogP) is 4.60. The van der Waals surface area contributed by atoms with Gasteiger partial charge in [-0.1, -0.05) is 40.2 Å². The number of sulfone groups is 1. The zero-order chi connectivity index (χ0) is 21.2. The molecule has 0 aliphatic rings. The van der Waals surface area contributed by atoms with Crippen LogP contribution in [0.4, 0.5) is 0 Å². The molecule has 3 rings (SSSR count). The van der Waals surface area contributed by atoms with E-state index in [4.69, 9.17) is 4.74 Å². The fourth-order valence-corrected chi connectivity index (χ4v) is 3.97. The number of carbonyl (C=O) groups excluding carboxylic acids is 1. The van der Waals surface area contributed by atoms with E-state index in [1.165, 1.54) is 6.26 Å². The lowest BCUT2D eigenvalue weighted by Crippen LogP contribution is -2.33. The Kier molecular flexibility index (Phi) is 6.29. The highest BCUT2D eigenvalue weighted by molar-refractivity contribution is 9.10. The third kappa shape index (κ3) is 5.16. The summed E-state index contributed by atoms with van der Waals surface area (Å²) in [6.45, 7) is 1.81. The van der Waals surface area contributed by atoms with Crippen LogP contribution < -0.4 is 4.74 Å². The number of rotatable bonds is 6. The SMILES string of the molecule is CC(c1ccc(S(C)(=O)=O)cc1)N(C)C(=O)COc1ccc2cc(Br)ccc2c1. The topological polar surface area (TPSA) is 63.7 Å². The number of benzene rings is 3. The van der Waals surface area contributed by atoms with Crippen LogP contribution in [0.3, 0.4) is 0 Å². The van der Waals surface area contributed by atoms with Crippen LogP contribution in [0, 0.1) is 0 Å². The van der Waals surface area contributed by atoms with Crippen molar-refractivity contribution in [2.45, 2.75) is 17.9 Å². The average Bonchev–Trinajstić information content (AvgIpc) is 2.70. The van der Waals surface area contributed by atoms with Gasteiger partial charge in [-0.3, -0.25) is 4.79 Å². The second kappa shape index (κ2) is 8.55. The van der Waals surface area contributed by atoms with Gasteiger partial charge in [-0.05, 0) is 59.7 Å². The van der Waals surface area contributed by atoms with Crippen LogP contribution in [0.2, 0.25) is 0 Å². The average molecular weight is 476 g/mol. The summed E-state index contributed by atoms with van der Waals surface area (Å²) in [7, 11) is -1.54. The van der Waals surface area contributed by atoms with Gasteiger partial charge in [0.05, 0.1) is 10.9 Å². The smallest absolute Gasteiger partial charge is 0.260 e. The molecule has 7 heteroatoms.